The number of guanidine groups is 1. The maximum Gasteiger partial charge on any atom is 0.225 e. The quantitative estimate of drug-likeness (QED) is 0.570. The second-order valence-electron chi connectivity index (χ2n) is 8.88. The maximum atomic E-state index is 13.6. The summed E-state index contributed by atoms with van der Waals surface area (Å²) < 4.78 is 13.6. The van der Waals surface area contributed by atoms with Crippen LogP contribution >= 0.6 is 0 Å². The zero-order chi connectivity index (χ0) is 20.3. The van der Waals surface area contributed by atoms with E-state index in [0.717, 1.165) is 63.3 Å². The molecule has 1 amide bonds. The second kappa shape index (κ2) is 8.72. The highest BCUT2D eigenvalue weighted by Gasteiger charge is 2.44. The van der Waals surface area contributed by atoms with Crippen LogP contribution in [0.25, 0.3) is 0 Å². The van der Waals surface area contributed by atoms with Crippen LogP contribution in [0, 0.1) is 11.7 Å². The number of benzene rings is 1. The minimum Gasteiger partial charge on any atom is -0.357 e. The first-order chi connectivity index (χ1) is 14.1. The van der Waals surface area contributed by atoms with E-state index in [1.807, 2.05) is 11.0 Å². The molecule has 6 heteroatoms. The van der Waals surface area contributed by atoms with Crippen LogP contribution in [0.4, 0.5) is 4.39 Å². The summed E-state index contributed by atoms with van der Waals surface area (Å²) in [5.41, 5.74) is 1.02. The van der Waals surface area contributed by atoms with Crippen molar-refractivity contribution >= 4 is 11.9 Å². The van der Waals surface area contributed by atoms with Gasteiger partial charge in [0.25, 0.3) is 0 Å². The summed E-state index contributed by atoms with van der Waals surface area (Å²) in [7, 11) is 0. The number of carbonyl (C=O) groups is 1. The van der Waals surface area contributed by atoms with Crippen LogP contribution in [-0.4, -0.2) is 49.0 Å². The molecule has 29 heavy (non-hydrogen) atoms. The molecule has 5 nitrogen and oxygen atoms in total. The summed E-state index contributed by atoms with van der Waals surface area (Å²) in [4.78, 5) is 19.5. The number of nitrogens with one attached hydrogen (secondary N) is 2. The molecule has 3 fully saturated rings. The molecule has 2 aliphatic carbocycles. The third kappa shape index (κ3) is 4.73. The van der Waals surface area contributed by atoms with Gasteiger partial charge in [-0.1, -0.05) is 25.0 Å². The first-order valence-corrected chi connectivity index (χ1v) is 11.2. The molecule has 2 saturated carbocycles. The summed E-state index contributed by atoms with van der Waals surface area (Å²) in [6, 6.07) is 7.17. The lowest BCUT2D eigenvalue weighted by molar-refractivity contribution is -0.134. The van der Waals surface area contributed by atoms with E-state index >= 15 is 0 Å². The number of halogens is 1. The highest BCUT2D eigenvalue weighted by Crippen LogP contribution is 2.48. The number of hydrogen-bond donors (Lipinski definition) is 2. The van der Waals surface area contributed by atoms with Gasteiger partial charge in [0.1, 0.15) is 5.82 Å². The Labute approximate surface area is 173 Å². The fraction of sp³-hybridized carbons (Fsp3) is 0.652. The molecule has 1 aromatic rings. The van der Waals surface area contributed by atoms with Crippen LogP contribution in [0.15, 0.2) is 29.3 Å². The molecule has 3 aliphatic rings. The molecule has 0 bridgehead atoms. The van der Waals surface area contributed by atoms with Gasteiger partial charge >= 0.3 is 0 Å². The molecule has 1 heterocycles. The molecule has 1 unspecified atom stereocenters. The lowest BCUT2D eigenvalue weighted by Crippen LogP contribution is -2.45. The Morgan fingerprint density at radius 1 is 1.28 bits per heavy atom. The van der Waals surface area contributed by atoms with E-state index in [1.54, 1.807) is 12.1 Å². The zero-order valence-corrected chi connectivity index (χ0v) is 17.4. The van der Waals surface area contributed by atoms with Crippen LogP contribution in [-0.2, 0) is 10.2 Å². The topological polar surface area (TPSA) is 56.7 Å². The van der Waals surface area contributed by atoms with Crippen molar-refractivity contribution < 1.29 is 9.18 Å². The highest BCUT2D eigenvalue weighted by atomic mass is 19.1. The largest absolute Gasteiger partial charge is 0.357 e. The Morgan fingerprint density at radius 3 is 2.76 bits per heavy atom. The van der Waals surface area contributed by atoms with Crippen LogP contribution in [0.2, 0.25) is 0 Å². The Balaban J connectivity index is 1.35. The van der Waals surface area contributed by atoms with Gasteiger partial charge in [-0.2, -0.15) is 0 Å². The minimum absolute atomic E-state index is 0.0232. The predicted molar refractivity (Wildman–Crippen MR) is 113 cm³/mol. The maximum absolute atomic E-state index is 13.6. The normalized spacial score (nSPS) is 24.0. The summed E-state index contributed by atoms with van der Waals surface area (Å²) in [5, 5.41) is 6.86. The molecular weight excluding hydrogens is 367 g/mol. The van der Waals surface area contributed by atoms with Crippen molar-refractivity contribution in [2.24, 2.45) is 10.9 Å². The number of nitrogens with zero attached hydrogens (tertiary/aromatic N) is 2. The van der Waals surface area contributed by atoms with Crippen LogP contribution in [0.3, 0.4) is 0 Å². The van der Waals surface area contributed by atoms with Crippen molar-refractivity contribution in [1.82, 2.24) is 15.5 Å². The highest BCUT2D eigenvalue weighted by molar-refractivity contribution is 5.81. The Kier molecular flexibility index (Phi) is 6.07. The van der Waals surface area contributed by atoms with Gasteiger partial charge in [-0.25, -0.2) is 4.39 Å². The van der Waals surface area contributed by atoms with Crippen LogP contribution in [0.1, 0.15) is 57.4 Å². The van der Waals surface area contributed by atoms with Crippen molar-refractivity contribution in [2.75, 3.05) is 26.2 Å². The van der Waals surface area contributed by atoms with Crippen molar-refractivity contribution in [3.05, 3.63) is 35.6 Å². The van der Waals surface area contributed by atoms with Gasteiger partial charge in [0.05, 0.1) is 6.54 Å². The molecule has 0 spiro atoms. The molecule has 0 radical (unpaired) electrons. The average Bonchev–Trinajstić information content (AvgIpc) is 3.11. The molecule has 4 rings (SSSR count). The Morgan fingerprint density at radius 2 is 2.07 bits per heavy atom. The van der Waals surface area contributed by atoms with Gasteiger partial charge < -0.3 is 15.5 Å². The first-order valence-electron chi connectivity index (χ1n) is 11.2. The van der Waals surface area contributed by atoms with Gasteiger partial charge in [0.15, 0.2) is 5.96 Å². The number of amides is 1. The fourth-order valence-corrected chi connectivity index (χ4v) is 4.76. The number of hydrogen-bond acceptors (Lipinski definition) is 2. The summed E-state index contributed by atoms with van der Waals surface area (Å²) in [5.74, 6) is 1.21. The van der Waals surface area contributed by atoms with Gasteiger partial charge in [0, 0.05) is 37.0 Å². The van der Waals surface area contributed by atoms with Crippen molar-refractivity contribution in [2.45, 2.75) is 63.3 Å². The summed E-state index contributed by atoms with van der Waals surface area (Å²) in [6.45, 7) is 5.09. The first kappa shape index (κ1) is 20.2. The Hall–Kier alpha value is -2.11. The van der Waals surface area contributed by atoms with E-state index in [4.69, 9.17) is 4.99 Å². The van der Waals surface area contributed by atoms with E-state index in [1.165, 1.54) is 18.9 Å². The van der Waals surface area contributed by atoms with E-state index in [2.05, 4.69) is 17.6 Å². The summed E-state index contributed by atoms with van der Waals surface area (Å²) in [6.07, 6.45) is 7.54. The van der Waals surface area contributed by atoms with Gasteiger partial charge in [0.2, 0.25) is 5.91 Å². The van der Waals surface area contributed by atoms with E-state index in [-0.39, 0.29) is 23.2 Å². The van der Waals surface area contributed by atoms with Gasteiger partial charge in [-0.3, -0.25) is 9.79 Å². The van der Waals surface area contributed by atoms with E-state index in [9.17, 15) is 9.18 Å². The number of carbonyl (C=O) groups excluding carboxylic acids is 1. The molecular formula is C23H33FN4O. The number of aliphatic imine (C=N–C) groups is 1. The van der Waals surface area contributed by atoms with Gasteiger partial charge in [-0.15, -0.1) is 0 Å². The SMILES string of the molecule is CCNC(=NCC1(c2cccc(F)c2)CC1)NC1CCN(C(=O)C2CCCC2)C1. The standard InChI is InChI=1S/C23H33FN4O/c1-2-25-22(26-16-23(11-12-23)18-8-5-9-19(24)14-18)27-20-10-13-28(15-20)21(29)17-6-3-4-7-17/h5,8-9,14,17,20H,2-4,6-7,10-13,15-16H2,1H3,(H2,25,26,27). The lowest BCUT2D eigenvalue weighted by atomic mass is 9.96. The minimum atomic E-state index is -0.180. The lowest BCUT2D eigenvalue weighted by Gasteiger charge is -2.22. The van der Waals surface area contributed by atoms with Crippen molar-refractivity contribution in [3.63, 3.8) is 0 Å². The van der Waals surface area contributed by atoms with E-state index in [0.29, 0.717) is 12.5 Å². The molecule has 1 aliphatic heterocycles. The molecule has 1 atom stereocenters. The van der Waals surface area contributed by atoms with E-state index < -0.39 is 0 Å². The monoisotopic (exact) mass is 400 g/mol. The third-order valence-corrected chi connectivity index (χ3v) is 6.72. The molecule has 1 saturated heterocycles. The molecule has 0 aromatic heterocycles. The number of rotatable bonds is 6. The predicted octanol–water partition coefficient (Wildman–Crippen LogP) is 3.20. The zero-order valence-electron chi connectivity index (χ0n) is 17.4. The fourth-order valence-electron chi connectivity index (χ4n) is 4.76. The Bertz CT molecular complexity index is 755. The van der Waals surface area contributed by atoms with Crippen LogP contribution < -0.4 is 10.6 Å². The van der Waals surface area contributed by atoms with Crippen molar-refractivity contribution in [1.29, 1.82) is 0 Å². The smallest absolute Gasteiger partial charge is 0.225 e. The van der Waals surface area contributed by atoms with Crippen LogP contribution in [0.5, 0.6) is 0 Å². The molecule has 1 aromatic carbocycles. The molecule has 158 valence electrons. The summed E-state index contributed by atoms with van der Waals surface area (Å²) >= 11 is 0. The average molecular weight is 401 g/mol. The third-order valence-electron chi connectivity index (χ3n) is 6.72. The second-order valence-corrected chi connectivity index (χ2v) is 8.88. The van der Waals surface area contributed by atoms with Gasteiger partial charge in [-0.05, 0) is 56.7 Å². The molecule has 2 N–H and O–H groups in total. The number of likely N-dealkylation sites (tertiary alicyclic amines) is 1. The van der Waals surface area contributed by atoms with Crippen molar-refractivity contribution in [3.8, 4) is 0 Å².